The van der Waals surface area contributed by atoms with E-state index >= 15 is 0 Å². The first-order valence-corrected chi connectivity index (χ1v) is 14.0. The molecule has 0 aliphatic rings. The van der Waals surface area contributed by atoms with Crippen LogP contribution in [0.4, 0.5) is 4.79 Å². The van der Waals surface area contributed by atoms with Gasteiger partial charge in [-0.15, -0.1) is 0 Å². The average Bonchev–Trinajstić information content (AvgIpc) is 3.30. The molecule has 0 bridgehead atoms. The Kier molecular flexibility index (Phi) is 10.7. The van der Waals surface area contributed by atoms with E-state index in [2.05, 4.69) is 15.6 Å². The molecular weight excluding hydrogens is 538 g/mol. The van der Waals surface area contributed by atoms with Gasteiger partial charge in [-0.2, -0.15) is 0 Å². The molecule has 2 aromatic carbocycles. The Morgan fingerprint density at radius 1 is 0.810 bits per heavy atom. The first-order chi connectivity index (χ1) is 19.7. The van der Waals surface area contributed by atoms with E-state index in [9.17, 15) is 19.2 Å². The number of carbonyl (C=O) groups is 4. The highest BCUT2D eigenvalue weighted by Gasteiger charge is 2.32. The van der Waals surface area contributed by atoms with E-state index in [0.29, 0.717) is 0 Å². The fourth-order valence-electron chi connectivity index (χ4n) is 4.15. The smallest absolute Gasteiger partial charge is 0.408 e. The fourth-order valence-corrected chi connectivity index (χ4v) is 4.15. The topological polar surface area (TPSA) is 136 Å². The van der Waals surface area contributed by atoms with Gasteiger partial charge in [-0.05, 0) is 65.2 Å². The molecule has 2 unspecified atom stereocenters. The van der Waals surface area contributed by atoms with Gasteiger partial charge in [0.05, 0.1) is 0 Å². The van der Waals surface area contributed by atoms with E-state index in [1.54, 1.807) is 47.7 Å². The molecule has 2 amide bonds. The van der Waals surface area contributed by atoms with Gasteiger partial charge in [0.1, 0.15) is 29.9 Å². The summed E-state index contributed by atoms with van der Waals surface area (Å²) in [6.45, 7) is 10.4. The predicted molar refractivity (Wildman–Crippen MR) is 158 cm³/mol. The van der Waals surface area contributed by atoms with Crippen LogP contribution in [0.15, 0.2) is 60.8 Å². The van der Waals surface area contributed by atoms with Crippen LogP contribution in [0, 0.1) is 0 Å². The molecule has 226 valence electrons. The number of aromatic nitrogens is 1. The summed E-state index contributed by atoms with van der Waals surface area (Å²) in [6, 6.07) is 14.6. The minimum Gasteiger partial charge on any atom is -0.461 e. The maximum absolute atomic E-state index is 13.6. The molecule has 3 N–H and O–H groups in total. The number of fused-ring (bicyclic) bond motifs is 1. The maximum atomic E-state index is 13.6. The SMILES string of the molecule is CC(C)(C)OC(=O)NC(Cc1c[nH]c2ccccc12)C(=O)NC(CCC(=O)OCc1ccccc1)C(=O)OC(C)(C)C. The second kappa shape index (κ2) is 14.0. The number of amides is 2. The van der Waals surface area contributed by atoms with Gasteiger partial charge in [0.15, 0.2) is 0 Å². The molecule has 1 aromatic heterocycles. The summed E-state index contributed by atoms with van der Waals surface area (Å²) in [7, 11) is 0. The molecule has 0 aliphatic heterocycles. The van der Waals surface area contributed by atoms with Gasteiger partial charge in [0, 0.05) is 29.9 Å². The molecule has 10 nitrogen and oxygen atoms in total. The minimum atomic E-state index is -1.16. The molecule has 42 heavy (non-hydrogen) atoms. The van der Waals surface area contributed by atoms with Crippen LogP contribution in [-0.4, -0.2) is 52.2 Å². The number of hydrogen-bond acceptors (Lipinski definition) is 7. The molecule has 0 saturated carbocycles. The Hall–Kier alpha value is -4.34. The Bertz CT molecular complexity index is 1370. The minimum absolute atomic E-state index is 0.0550. The van der Waals surface area contributed by atoms with E-state index in [1.165, 1.54) is 0 Å². The van der Waals surface area contributed by atoms with Crippen molar-refractivity contribution in [2.24, 2.45) is 0 Å². The molecule has 0 saturated heterocycles. The Balaban J connectivity index is 1.76. The molecule has 2 atom stereocenters. The third kappa shape index (κ3) is 10.6. The van der Waals surface area contributed by atoms with Crippen LogP contribution < -0.4 is 10.6 Å². The van der Waals surface area contributed by atoms with Crippen molar-refractivity contribution >= 4 is 34.8 Å². The average molecular weight is 580 g/mol. The summed E-state index contributed by atoms with van der Waals surface area (Å²) < 4.78 is 16.3. The van der Waals surface area contributed by atoms with Gasteiger partial charge in [-0.25, -0.2) is 9.59 Å². The van der Waals surface area contributed by atoms with Gasteiger partial charge < -0.3 is 29.8 Å². The van der Waals surface area contributed by atoms with Crippen molar-refractivity contribution in [3.63, 3.8) is 0 Å². The van der Waals surface area contributed by atoms with E-state index in [-0.39, 0.29) is 25.9 Å². The summed E-state index contributed by atoms with van der Waals surface area (Å²) in [6.07, 6.45) is 0.927. The number of nitrogens with one attached hydrogen (secondary N) is 3. The van der Waals surface area contributed by atoms with Gasteiger partial charge in [0.2, 0.25) is 5.91 Å². The zero-order valence-electron chi connectivity index (χ0n) is 25.1. The van der Waals surface area contributed by atoms with Crippen LogP contribution >= 0.6 is 0 Å². The second-order valence-corrected chi connectivity index (χ2v) is 12.0. The van der Waals surface area contributed by atoms with Crippen molar-refractivity contribution in [3.05, 3.63) is 71.9 Å². The van der Waals surface area contributed by atoms with Crippen molar-refractivity contribution in [2.75, 3.05) is 0 Å². The molecular formula is C32H41N3O7. The van der Waals surface area contributed by atoms with Crippen molar-refractivity contribution in [2.45, 2.75) is 90.7 Å². The number of carbonyl (C=O) groups excluding carboxylic acids is 4. The first-order valence-electron chi connectivity index (χ1n) is 14.0. The fraction of sp³-hybridized carbons (Fsp3) is 0.438. The molecule has 3 aromatic rings. The lowest BCUT2D eigenvalue weighted by Crippen LogP contribution is -2.54. The lowest BCUT2D eigenvalue weighted by atomic mass is 10.0. The number of benzene rings is 2. The summed E-state index contributed by atoms with van der Waals surface area (Å²) in [5.74, 6) is -1.85. The highest BCUT2D eigenvalue weighted by Crippen LogP contribution is 2.20. The van der Waals surface area contributed by atoms with Crippen molar-refractivity contribution < 1.29 is 33.4 Å². The molecule has 3 rings (SSSR count). The van der Waals surface area contributed by atoms with Gasteiger partial charge >= 0.3 is 18.0 Å². The summed E-state index contributed by atoms with van der Waals surface area (Å²) >= 11 is 0. The Morgan fingerprint density at radius 3 is 2.12 bits per heavy atom. The summed E-state index contributed by atoms with van der Waals surface area (Å²) in [5.41, 5.74) is 0.887. The lowest BCUT2D eigenvalue weighted by Gasteiger charge is -2.27. The molecule has 10 heteroatoms. The number of hydrogen-bond donors (Lipinski definition) is 3. The van der Waals surface area contributed by atoms with Crippen molar-refractivity contribution in [1.29, 1.82) is 0 Å². The van der Waals surface area contributed by atoms with Gasteiger partial charge in [-0.3, -0.25) is 9.59 Å². The maximum Gasteiger partial charge on any atom is 0.408 e. The van der Waals surface area contributed by atoms with E-state index in [4.69, 9.17) is 14.2 Å². The standard InChI is InChI=1S/C32H41N3O7/c1-31(2,3)41-29(38)25(16-17-27(36)40-20-21-12-8-7-9-13-21)34-28(37)26(35-30(39)42-32(4,5)6)18-22-19-33-24-15-11-10-14-23(22)24/h7-15,19,25-26,33H,16-18,20H2,1-6H3,(H,34,37)(H,35,39). The number of rotatable bonds is 11. The number of alkyl carbamates (subject to hydrolysis) is 1. The van der Waals surface area contributed by atoms with Crippen LogP contribution in [-0.2, 0) is 41.6 Å². The van der Waals surface area contributed by atoms with E-state index in [1.807, 2.05) is 54.6 Å². The Labute approximate surface area is 246 Å². The summed E-state index contributed by atoms with van der Waals surface area (Å²) in [5, 5.41) is 6.23. The number of aromatic amines is 1. The van der Waals surface area contributed by atoms with Crippen molar-refractivity contribution in [1.82, 2.24) is 15.6 Å². The van der Waals surface area contributed by atoms with Gasteiger partial charge in [0.25, 0.3) is 0 Å². The van der Waals surface area contributed by atoms with Crippen LogP contribution in [0.25, 0.3) is 10.9 Å². The molecule has 0 aliphatic carbocycles. The molecule has 1 heterocycles. The van der Waals surface area contributed by atoms with E-state index < -0.39 is 47.2 Å². The monoisotopic (exact) mass is 579 g/mol. The second-order valence-electron chi connectivity index (χ2n) is 12.0. The Morgan fingerprint density at radius 2 is 1.45 bits per heavy atom. The largest absolute Gasteiger partial charge is 0.461 e. The quantitative estimate of drug-likeness (QED) is 0.216. The van der Waals surface area contributed by atoms with Gasteiger partial charge in [-0.1, -0.05) is 48.5 Å². The van der Waals surface area contributed by atoms with Crippen LogP contribution in [0.2, 0.25) is 0 Å². The molecule has 0 spiro atoms. The number of ether oxygens (including phenoxy) is 3. The van der Waals surface area contributed by atoms with Crippen molar-refractivity contribution in [3.8, 4) is 0 Å². The number of para-hydroxylation sites is 1. The number of esters is 2. The van der Waals surface area contributed by atoms with Crippen LogP contribution in [0.5, 0.6) is 0 Å². The highest BCUT2D eigenvalue weighted by atomic mass is 16.6. The molecule has 0 fully saturated rings. The predicted octanol–water partition coefficient (Wildman–Crippen LogP) is 4.95. The normalized spacial score (nSPS) is 13.1. The summed E-state index contributed by atoms with van der Waals surface area (Å²) in [4.78, 5) is 55.1. The molecule has 0 radical (unpaired) electrons. The zero-order valence-corrected chi connectivity index (χ0v) is 25.1. The van der Waals surface area contributed by atoms with E-state index in [0.717, 1.165) is 22.0 Å². The zero-order chi connectivity index (χ0) is 30.9. The lowest BCUT2D eigenvalue weighted by molar-refractivity contribution is -0.159. The van der Waals surface area contributed by atoms with Crippen LogP contribution in [0.3, 0.4) is 0 Å². The number of H-pyrrole nitrogens is 1. The third-order valence-corrected chi connectivity index (χ3v) is 5.99. The van der Waals surface area contributed by atoms with Crippen LogP contribution in [0.1, 0.15) is 65.5 Å². The third-order valence-electron chi connectivity index (χ3n) is 5.99. The highest BCUT2D eigenvalue weighted by molar-refractivity contribution is 5.91. The first kappa shape index (κ1) is 32.2.